The molecular formula is C18H26N2O2S. The van der Waals surface area contributed by atoms with Crippen molar-refractivity contribution in [1.82, 2.24) is 0 Å². The topological polar surface area (TPSA) is 62.7 Å². The molecule has 1 atom stereocenters. The standard InChI is InChI=1S/C18H26N2O2S/c1-3-5-6-10-13-16(17(20-19)18(21)22-4-2)23-14-15-11-8-7-9-12-15/h7-9,11-12,16H,3-6,10,13-14H2,1-2H3. The van der Waals surface area contributed by atoms with Gasteiger partial charge in [-0.2, -0.15) is 4.79 Å². The van der Waals surface area contributed by atoms with Gasteiger partial charge < -0.3 is 10.3 Å². The van der Waals surface area contributed by atoms with Crippen molar-refractivity contribution in [1.29, 1.82) is 0 Å². The lowest BCUT2D eigenvalue weighted by Gasteiger charge is -2.12. The van der Waals surface area contributed by atoms with Gasteiger partial charge in [0.2, 0.25) is 0 Å². The molecule has 1 rings (SSSR count). The second kappa shape index (κ2) is 11.9. The highest BCUT2D eigenvalue weighted by Gasteiger charge is 2.32. The van der Waals surface area contributed by atoms with Crippen molar-refractivity contribution < 1.29 is 14.3 Å². The van der Waals surface area contributed by atoms with Gasteiger partial charge in [-0.05, 0) is 18.9 Å². The van der Waals surface area contributed by atoms with Gasteiger partial charge in [0.25, 0.3) is 0 Å². The van der Waals surface area contributed by atoms with E-state index in [4.69, 9.17) is 4.74 Å². The largest absolute Gasteiger partial charge is 0.457 e. The molecule has 0 N–H and O–H groups in total. The fourth-order valence-corrected chi connectivity index (χ4v) is 3.49. The highest BCUT2D eigenvalue weighted by atomic mass is 32.2. The van der Waals surface area contributed by atoms with Crippen LogP contribution in [0.25, 0.3) is 5.53 Å². The molecule has 0 saturated carbocycles. The molecule has 0 bridgehead atoms. The van der Waals surface area contributed by atoms with Crippen LogP contribution in [-0.2, 0) is 15.3 Å². The number of hydrogen-bond acceptors (Lipinski definition) is 3. The number of benzene rings is 1. The zero-order chi connectivity index (χ0) is 16.9. The summed E-state index contributed by atoms with van der Waals surface area (Å²) in [5.74, 6) is 0.258. The van der Waals surface area contributed by atoms with Crippen LogP contribution in [0, 0.1) is 0 Å². The average Bonchev–Trinajstić information content (AvgIpc) is 2.57. The Labute approximate surface area is 143 Å². The maximum Gasteiger partial charge on any atom is 0.418 e. The highest BCUT2D eigenvalue weighted by Crippen LogP contribution is 2.24. The van der Waals surface area contributed by atoms with E-state index in [9.17, 15) is 10.3 Å². The van der Waals surface area contributed by atoms with Gasteiger partial charge in [0, 0.05) is 5.75 Å². The number of hydrogen-bond donors (Lipinski definition) is 0. The summed E-state index contributed by atoms with van der Waals surface area (Å²) in [5, 5.41) is -0.142. The second-order valence-electron chi connectivity index (χ2n) is 5.34. The number of rotatable bonds is 11. The predicted octanol–water partition coefficient (Wildman–Crippen LogP) is 4.49. The molecule has 0 amide bonds. The maximum atomic E-state index is 12.0. The van der Waals surface area contributed by atoms with Crippen molar-refractivity contribution in [2.24, 2.45) is 0 Å². The third-order valence-electron chi connectivity index (χ3n) is 3.51. The molecule has 23 heavy (non-hydrogen) atoms. The molecule has 126 valence electrons. The Hall–Kier alpha value is -1.58. The number of unbranched alkanes of at least 4 members (excludes halogenated alkanes) is 3. The van der Waals surface area contributed by atoms with E-state index in [1.54, 1.807) is 18.7 Å². The normalized spacial score (nSPS) is 11.6. The molecule has 0 heterocycles. The van der Waals surface area contributed by atoms with Crippen LogP contribution in [0.5, 0.6) is 0 Å². The van der Waals surface area contributed by atoms with Crippen molar-refractivity contribution in [3.8, 4) is 0 Å². The summed E-state index contributed by atoms with van der Waals surface area (Å²) in [4.78, 5) is 15.2. The molecule has 0 aliphatic rings. The molecule has 0 fully saturated rings. The number of carbonyl (C=O) groups excluding carboxylic acids is 1. The zero-order valence-corrected chi connectivity index (χ0v) is 14.8. The van der Waals surface area contributed by atoms with E-state index < -0.39 is 5.97 Å². The average molecular weight is 334 g/mol. The molecular weight excluding hydrogens is 308 g/mol. The second-order valence-corrected chi connectivity index (χ2v) is 6.53. The maximum absolute atomic E-state index is 12.0. The van der Waals surface area contributed by atoms with Crippen molar-refractivity contribution in [2.45, 2.75) is 57.0 Å². The first-order valence-electron chi connectivity index (χ1n) is 8.27. The summed E-state index contributed by atoms with van der Waals surface area (Å²) < 4.78 is 5.01. The minimum absolute atomic E-state index is 0.129. The Morgan fingerprint density at radius 2 is 1.96 bits per heavy atom. The first-order chi connectivity index (χ1) is 11.2. The summed E-state index contributed by atoms with van der Waals surface area (Å²) in [6.45, 7) is 4.20. The SMILES string of the molecule is CCCCCCC(SCc1ccccc1)C(=[N+]=[N-])C(=O)OCC. The van der Waals surface area contributed by atoms with Crippen molar-refractivity contribution in [3.05, 3.63) is 41.4 Å². The summed E-state index contributed by atoms with van der Waals surface area (Å²) >= 11 is 1.63. The molecule has 4 nitrogen and oxygen atoms in total. The van der Waals surface area contributed by atoms with Crippen LogP contribution in [-0.4, -0.2) is 28.3 Å². The number of thioether (sulfide) groups is 1. The van der Waals surface area contributed by atoms with Gasteiger partial charge in [-0.15, -0.1) is 11.8 Å². The molecule has 5 heteroatoms. The summed E-state index contributed by atoms with van der Waals surface area (Å²) in [6, 6.07) is 10.1. The fraction of sp³-hybridized carbons (Fsp3) is 0.556. The van der Waals surface area contributed by atoms with Crippen LogP contribution >= 0.6 is 11.8 Å². The van der Waals surface area contributed by atoms with Gasteiger partial charge in [0.1, 0.15) is 5.25 Å². The van der Waals surface area contributed by atoms with Crippen LogP contribution in [0.1, 0.15) is 51.5 Å². The lowest BCUT2D eigenvalue weighted by Crippen LogP contribution is -2.29. The molecule has 1 unspecified atom stereocenters. The third kappa shape index (κ3) is 7.49. The zero-order valence-electron chi connectivity index (χ0n) is 14.0. The Kier molecular flexibility index (Phi) is 10.1. The van der Waals surface area contributed by atoms with E-state index in [0.29, 0.717) is 0 Å². The Bertz CT molecular complexity index is 513. The van der Waals surface area contributed by atoms with E-state index >= 15 is 0 Å². The summed E-state index contributed by atoms with van der Waals surface area (Å²) in [6.07, 6.45) is 5.30. The summed E-state index contributed by atoms with van der Waals surface area (Å²) in [7, 11) is 0. The van der Waals surface area contributed by atoms with E-state index in [-0.39, 0.29) is 17.6 Å². The third-order valence-corrected chi connectivity index (χ3v) is 4.87. The Balaban J connectivity index is 2.70. The van der Waals surface area contributed by atoms with Gasteiger partial charge in [0.15, 0.2) is 0 Å². The van der Waals surface area contributed by atoms with Crippen LogP contribution in [0.4, 0.5) is 0 Å². The highest BCUT2D eigenvalue weighted by molar-refractivity contribution is 8.00. The molecule has 0 aliphatic heterocycles. The van der Waals surface area contributed by atoms with E-state index in [1.807, 2.05) is 18.2 Å². The molecule has 0 aromatic heterocycles. The molecule has 0 saturated heterocycles. The number of carbonyl (C=O) groups is 1. The van der Waals surface area contributed by atoms with Gasteiger partial charge in [0.05, 0.1) is 6.61 Å². The Morgan fingerprint density at radius 1 is 1.22 bits per heavy atom. The van der Waals surface area contributed by atoms with Crippen molar-refractivity contribution >= 4 is 23.4 Å². The minimum Gasteiger partial charge on any atom is -0.457 e. The van der Waals surface area contributed by atoms with E-state index in [0.717, 1.165) is 25.0 Å². The number of ether oxygens (including phenoxy) is 1. The van der Waals surface area contributed by atoms with Crippen molar-refractivity contribution in [2.75, 3.05) is 6.61 Å². The molecule has 1 aromatic rings. The van der Waals surface area contributed by atoms with Crippen molar-refractivity contribution in [3.63, 3.8) is 0 Å². The van der Waals surface area contributed by atoms with Gasteiger partial charge >= 0.3 is 11.7 Å². The van der Waals surface area contributed by atoms with Crippen LogP contribution in [0.2, 0.25) is 0 Å². The minimum atomic E-state index is -0.518. The molecule has 1 aromatic carbocycles. The van der Waals surface area contributed by atoms with Gasteiger partial charge in [-0.3, -0.25) is 0 Å². The molecule has 0 radical (unpaired) electrons. The van der Waals surface area contributed by atoms with Crippen LogP contribution in [0.15, 0.2) is 30.3 Å². The quantitative estimate of drug-likeness (QED) is 0.197. The first-order valence-corrected chi connectivity index (χ1v) is 9.32. The molecule has 0 spiro atoms. The number of nitrogens with zero attached hydrogens (tertiary/aromatic N) is 2. The molecule has 0 aliphatic carbocycles. The van der Waals surface area contributed by atoms with Gasteiger partial charge in [-0.25, -0.2) is 4.79 Å². The first kappa shape index (κ1) is 19.5. The smallest absolute Gasteiger partial charge is 0.418 e. The Morgan fingerprint density at radius 3 is 2.57 bits per heavy atom. The predicted molar refractivity (Wildman–Crippen MR) is 95.5 cm³/mol. The van der Waals surface area contributed by atoms with E-state index in [1.165, 1.54) is 18.4 Å². The van der Waals surface area contributed by atoms with Crippen LogP contribution in [0.3, 0.4) is 0 Å². The fourth-order valence-electron chi connectivity index (χ4n) is 2.27. The monoisotopic (exact) mass is 334 g/mol. The lowest BCUT2D eigenvalue weighted by molar-refractivity contribution is -0.140. The summed E-state index contributed by atoms with van der Waals surface area (Å²) in [5.41, 5.74) is 10.6. The number of esters is 1. The van der Waals surface area contributed by atoms with Crippen LogP contribution < -0.4 is 0 Å². The van der Waals surface area contributed by atoms with Gasteiger partial charge in [-0.1, -0.05) is 62.9 Å². The lowest BCUT2D eigenvalue weighted by atomic mass is 10.1. The van der Waals surface area contributed by atoms with E-state index in [2.05, 4.69) is 23.8 Å².